The lowest BCUT2D eigenvalue weighted by Gasteiger charge is -2.15. The molecule has 6 N–H and O–H groups in total. The van der Waals surface area contributed by atoms with Gasteiger partial charge < -0.3 is 34.9 Å². The molecule has 0 unspecified atom stereocenters. The van der Waals surface area contributed by atoms with E-state index in [-0.39, 0.29) is 30.2 Å². The molecule has 0 spiro atoms. The largest absolute Gasteiger partial charge is 0.481 e. The maximum absolute atomic E-state index is 11.9. The topological polar surface area (TPSA) is 262 Å². The van der Waals surface area contributed by atoms with Crippen molar-refractivity contribution in [3.63, 3.8) is 0 Å². The van der Waals surface area contributed by atoms with Gasteiger partial charge in [-0.15, -0.1) is 15.3 Å². The molecule has 4 aromatic heterocycles. The number of carbonyl (C=O) groups is 3. The Labute approximate surface area is 428 Å². The zero-order chi connectivity index (χ0) is 51.3. The fourth-order valence-corrected chi connectivity index (χ4v) is 10.8. The fourth-order valence-electron chi connectivity index (χ4n) is 10.8. The Bertz CT molecular complexity index is 3170. The first-order valence-electron chi connectivity index (χ1n) is 25.6. The molecule has 384 valence electrons. The summed E-state index contributed by atoms with van der Waals surface area (Å²) in [6.45, 7) is 5.65. The van der Waals surface area contributed by atoms with Gasteiger partial charge in [-0.25, -0.2) is 19.4 Å². The van der Waals surface area contributed by atoms with Crippen LogP contribution in [0, 0.1) is 0 Å². The molecule has 7 aromatic rings. The molecular weight excluding hydrogens is 943 g/mol. The smallest absolute Gasteiger partial charge is 0.376 e. The summed E-state index contributed by atoms with van der Waals surface area (Å²) in [5, 5.41) is 30.3. The normalized spacial score (nSPS) is 14.4. The Kier molecular flexibility index (Phi) is 14.6. The number of carbonyl (C=O) groups excluding carboxylic acids is 3. The maximum Gasteiger partial charge on any atom is 0.376 e. The number of ether oxygens (including phenoxy) is 4. The molecule has 0 aliphatic heterocycles. The Morgan fingerprint density at radius 3 is 1.46 bits per heavy atom. The van der Waals surface area contributed by atoms with E-state index in [0.29, 0.717) is 23.7 Å². The average molecular weight is 1000 g/mol. The highest BCUT2D eigenvalue weighted by Crippen LogP contribution is 2.42. The van der Waals surface area contributed by atoms with Crippen molar-refractivity contribution in [2.24, 2.45) is 0 Å². The van der Waals surface area contributed by atoms with E-state index in [4.69, 9.17) is 14.2 Å². The SMILES string of the molecule is CC(C)OC(=O)c1nc(Nc2c3c(cc4c2CCC4)CCC3)n[nH]1.CCOC(=O)c1nc(Nc2c(-c3ccnc(OC)c3)ccc3c2CCC3)n[nH]1.COC(=O)c1nc(Nc2c3c(cc4c2CCC4)CCC3)n[nH]1. The van der Waals surface area contributed by atoms with E-state index in [2.05, 4.69) is 95.5 Å². The number of hydrogen-bond acceptors (Lipinski definition) is 17. The van der Waals surface area contributed by atoms with E-state index in [1.165, 1.54) is 94.1 Å². The minimum absolute atomic E-state index is 0.0732. The zero-order valence-electron chi connectivity index (χ0n) is 42.4. The van der Waals surface area contributed by atoms with Crippen LogP contribution in [-0.2, 0) is 78.4 Å². The van der Waals surface area contributed by atoms with Gasteiger partial charge in [-0.1, -0.05) is 24.3 Å². The van der Waals surface area contributed by atoms with E-state index in [1.807, 2.05) is 26.0 Å². The molecule has 20 heteroatoms. The number of hydrogen-bond donors (Lipinski definition) is 6. The molecule has 0 bridgehead atoms. The number of rotatable bonds is 13. The van der Waals surface area contributed by atoms with Gasteiger partial charge in [0.2, 0.25) is 41.2 Å². The molecule has 4 heterocycles. The third-order valence-corrected chi connectivity index (χ3v) is 14.0. The number of aryl methyl sites for hydroxylation is 5. The highest BCUT2D eigenvalue weighted by Gasteiger charge is 2.28. The fraction of sp³-hybridized carbons (Fsp3) is 0.407. The van der Waals surface area contributed by atoms with Crippen LogP contribution in [0.2, 0.25) is 0 Å². The third-order valence-electron chi connectivity index (χ3n) is 14.0. The molecule has 0 amide bonds. The van der Waals surface area contributed by atoms with Crippen molar-refractivity contribution in [2.45, 2.75) is 123 Å². The first-order valence-corrected chi connectivity index (χ1v) is 25.6. The van der Waals surface area contributed by atoms with Crippen molar-refractivity contribution < 1.29 is 33.3 Å². The second kappa shape index (κ2) is 21.9. The predicted molar refractivity (Wildman–Crippen MR) is 276 cm³/mol. The molecule has 0 fully saturated rings. The first-order chi connectivity index (χ1) is 36.1. The summed E-state index contributed by atoms with van der Waals surface area (Å²) in [6, 6.07) is 12.8. The summed E-state index contributed by atoms with van der Waals surface area (Å²) in [6.07, 6.45) is 18.5. The van der Waals surface area contributed by atoms with Gasteiger partial charge in [-0.05, 0) is 184 Å². The van der Waals surface area contributed by atoms with Gasteiger partial charge in [-0.2, -0.15) is 15.0 Å². The summed E-state index contributed by atoms with van der Waals surface area (Å²) < 4.78 is 20.0. The van der Waals surface area contributed by atoms with Gasteiger partial charge in [0.05, 0.1) is 32.6 Å². The summed E-state index contributed by atoms with van der Waals surface area (Å²) in [7, 11) is 2.92. The van der Waals surface area contributed by atoms with Crippen molar-refractivity contribution in [1.82, 2.24) is 50.5 Å². The number of nitrogens with one attached hydrogen (secondary N) is 6. The number of nitrogens with zero attached hydrogens (tertiary/aromatic N) is 7. The third kappa shape index (κ3) is 10.5. The second-order valence-corrected chi connectivity index (χ2v) is 19.1. The van der Waals surface area contributed by atoms with E-state index in [0.717, 1.165) is 93.1 Å². The van der Waals surface area contributed by atoms with Gasteiger partial charge in [0.15, 0.2) is 0 Å². The highest BCUT2D eigenvalue weighted by atomic mass is 16.5. The molecule has 0 saturated heterocycles. The molecule has 0 saturated carbocycles. The molecule has 0 atom stereocenters. The lowest BCUT2D eigenvalue weighted by molar-refractivity contribution is 0.0363. The van der Waals surface area contributed by atoms with Crippen LogP contribution in [0.15, 0.2) is 42.6 Å². The highest BCUT2D eigenvalue weighted by molar-refractivity contribution is 5.88. The van der Waals surface area contributed by atoms with E-state index >= 15 is 0 Å². The molecule has 5 aliphatic rings. The van der Waals surface area contributed by atoms with Crippen LogP contribution >= 0.6 is 0 Å². The first kappa shape index (κ1) is 49.4. The monoisotopic (exact) mass is 1000 g/mol. The van der Waals surface area contributed by atoms with Gasteiger partial charge in [-0.3, -0.25) is 15.3 Å². The van der Waals surface area contributed by atoms with Crippen LogP contribution in [0.3, 0.4) is 0 Å². The van der Waals surface area contributed by atoms with Crippen LogP contribution < -0.4 is 20.7 Å². The standard InChI is InChI=1S/C20H21N5O3.C18H22N4O2.C16H18N4O2/c1-3-28-19(26)18-23-20(25-24-18)22-17-14-6-4-5-12(14)7-8-15(17)13-9-10-21-16(11-13)27-2;1-10(2)24-17(23)16-20-18(22-21-16)19-15-13-7-3-5-11(13)9-12-6-4-8-14(12)15;1-22-15(21)14-18-16(20-19-14)17-13-11-6-2-4-9(11)8-10-5-3-7-12(10)13/h7-11H,3-6H2,1-2H3,(H2,22,23,24,25);9-10H,3-8H2,1-2H3,(H2,19,20,21,22);8H,2-7H2,1H3,(H2,17,18,19,20). The van der Waals surface area contributed by atoms with E-state index < -0.39 is 17.9 Å². The minimum atomic E-state index is -0.527. The number of pyridine rings is 1. The van der Waals surface area contributed by atoms with Crippen molar-refractivity contribution in [2.75, 3.05) is 36.8 Å². The summed E-state index contributed by atoms with van der Waals surface area (Å²) in [5.74, 6) is 0.541. The molecule has 20 nitrogen and oxygen atoms in total. The van der Waals surface area contributed by atoms with Crippen LogP contribution in [0.25, 0.3) is 11.1 Å². The summed E-state index contributed by atoms with van der Waals surface area (Å²) in [5.41, 5.74) is 19.2. The molecule has 5 aliphatic carbocycles. The minimum Gasteiger partial charge on any atom is -0.481 e. The summed E-state index contributed by atoms with van der Waals surface area (Å²) >= 11 is 0. The van der Waals surface area contributed by atoms with Crippen LogP contribution in [0.1, 0.15) is 140 Å². The number of aromatic amines is 3. The lowest BCUT2D eigenvalue weighted by Crippen LogP contribution is -2.13. The molecule has 3 aromatic carbocycles. The van der Waals surface area contributed by atoms with E-state index in [9.17, 15) is 14.4 Å². The molecular formula is C54H61N13O7. The zero-order valence-corrected chi connectivity index (χ0v) is 42.4. The number of esters is 3. The number of methoxy groups -OCH3 is 2. The van der Waals surface area contributed by atoms with Crippen LogP contribution in [0.5, 0.6) is 5.88 Å². The summed E-state index contributed by atoms with van der Waals surface area (Å²) in [4.78, 5) is 52.1. The van der Waals surface area contributed by atoms with Gasteiger partial charge in [0.25, 0.3) is 0 Å². The number of fused-ring (bicyclic) bond motifs is 5. The Hall–Kier alpha value is -8.16. The van der Waals surface area contributed by atoms with Crippen LogP contribution in [0.4, 0.5) is 34.9 Å². The number of anilines is 6. The van der Waals surface area contributed by atoms with Gasteiger partial charge in [0.1, 0.15) is 0 Å². The van der Waals surface area contributed by atoms with E-state index in [1.54, 1.807) is 20.2 Å². The molecule has 74 heavy (non-hydrogen) atoms. The lowest BCUT2D eigenvalue weighted by atomic mass is 9.98. The van der Waals surface area contributed by atoms with Crippen molar-refractivity contribution >= 4 is 52.8 Å². The second-order valence-electron chi connectivity index (χ2n) is 19.1. The Balaban J connectivity index is 0.000000128. The van der Waals surface area contributed by atoms with Gasteiger partial charge >= 0.3 is 17.9 Å². The Morgan fingerprint density at radius 1 is 0.554 bits per heavy atom. The number of aromatic nitrogens is 10. The predicted octanol–water partition coefficient (Wildman–Crippen LogP) is 8.69. The average Bonchev–Trinajstić information content (AvgIpc) is 4.25. The van der Waals surface area contributed by atoms with Crippen molar-refractivity contribution in [1.29, 1.82) is 0 Å². The van der Waals surface area contributed by atoms with Crippen molar-refractivity contribution in [3.05, 3.63) is 116 Å². The number of H-pyrrole nitrogens is 3. The molecule has 12 rings (SSSR count). The Morgan fingerprint density at radius 2 is 1.00 bits per heavy atom. The van der Waals surface area contributed by atoms with Gasteiger partial charge in [0, 0.05) is 29.2 Å². The number of benzene rings is 3. The van der Waals surface area contributed by atoms with Crippen LogP contribution in [-0.4, -0.2) is 95.4 Å². The maximum atomic E-state index is 11.9. The molecule has 0 radical (unpaired) electrons. The van der Waals surface area contributed by atoms with Crippen molar-refractivity contribution in [3.8, 4) is 17.0 Å². The quantitative estimate of drug-likeness (QED) is 0.0466.